The number of hydrogen-bond acceptors (Lipinski definition) is 28. The van der Waals surface area contributed by atoms with Crippen molar-refractivity contribution < 1.29 is 139 Å². The molecule has 2 fully saturated rings. The van der Waals surface area contributed by atoms with Crippen LogP contribution in [0.2, 0.25) is 0 Å². The average Bonchev–Trinajstić information content (AvgIpc) is 0.811. The fraction of sp³-hybridized carbons (Fsp3) is 0.920. The van der Waals surface area contributed by atoms with Gasteiger partial charge in [-0.1, -0.05) is 206 Å². The normalized spacial score (nSPS) is 22.9. The first-order chi connectivity index (χ1) is 51.4. The summed E-state index contributed by atoms with van der Waals surface area (Å²) in [5.74, 6) is -5.35. The molecule has 0 aromatic carbocycles. The number of amides is 4. The summed E-state index contributed by atoms with van der Waals surface area (Å²) >= 11 is 0. The Balaban J connectivity index is 2.18. The van der Waals surface area contributed by atoms with Crippen LogP contribution in [0.1, 0.15) is 258 Å². The lowest BCUT2D eigenvalue weighted by Crippen LogP contribution is -2.62. The smallest absolute Gasteiger partial charge is 0.328 e. The van der Waals surface area contributed by atoms with Gasteiger partial charge in [-0.2, -0.15) is 0 Å². The zero-order valence-corrected chi connectivity index (χ0v) is 63.9. The fourth-order valence-corrected chi connectivity index (χ4v) is 12.9. The summed E-state index contributed by atoms with van der Waals surface area (Å²) < 4.78 is 32.5. The maximum Gasteiger partial charge on any atom is 0.328 e. The van der Waals surface area contributed by atoms with Crippen molar-refractivity contribution in [2.75, 3.05) is 65.8 Å². The van der Waals surface area contributed by atoms with Gasteiger partial charge in [0.05, 0.1) is 39.6 Å². The molecule has 2 aliphatic rings. The predicted molar refractivity (Wildman–Crippen MR) is 391 cm³/mol. The van der Waals surface area contributed by atoms with Crippen molar-refractivity contribution in [1.82, 2.24) is 20.9 Å². The standard InChI is InChI=1S/C75H140N4O28/c1-3-5-7-9-11-13-15-17-19-21-23-25-27-29-31-33-45-102-58(88)40-37-51(73(101)103-46-34-32-30-28-26-24-22-20-18-16-14-12-10-8-6-4-2)78-56(86)38-39-57(87)79(43-35-41-76-71(99)65(95)63(93)69(52(84)47-80)106-74-67(97)61(91)59(89)54(49-82)104-74)44-36-42-77-72(100)66(96)64(94)70(53(85)48-81)107-75-68(98)62(92)60(90)55(50-83)105-75/h51-55,59-70,74-75,80-85,89-98H,3-50H2,1-2H3,(H,76,99)(H,77,100)(H,78,86)/t51-,52+,53+,54+,55+,59+,60+,61-,62-,63+,64+,65+,66+,67+,68+,69+,70+,74?,75?/m0/s1. The second-order valence-corrected chi connectivity index (χ2v) is 28.8. The first kappa shape index (κ1) is 99.1. The van der Waals surface area contributed by atoms with Crippen molar-refractivity contribution in [3.63, 3.8) is 0 Å². The highest BCUT2D eigenvalue weighted by atomic mass is 16.7. The Morgan fingerprint density at radius 2 is 0.748 bits per heavy atom. The highest BCUT2D eigenvalue weighted by Gasteiger charge is 2.49. The summed E-state index contributed by atoms with van der Waals surface area (Å²) in [6.07, 6.45) is -0.676. The second-order valence-electron chi connectivity index (χ2n) is 28.8. The topological polar surface area (TPSA) is 521 Å². The zero-order chi connectivity index (χ0) is 79.3. The largest absolute Gasteiger partial charge is 0.466 e. The molecule has 0 aromatic heterocycles. The van der Waals surface area contributed by atoms with Gasteiger partial charge in [0, 0.05) is 45.4 Å². The van der Waals surface area contributed by atoms with Gasteiger partial charge < -0.3 is 131 Å². The van der Waals surface area contributed by atoms with Crippen molar-refractivity contribution in [3.05, 3.63) is 0 Å². The molecule has 2 saturated heterocycles. The van der Waals surface area contributed by atoms with Gasteiger partial charge in [-0.25, -0.2) is 4.79 Å². The van der Waals surface area contributed by atoms with Crippen LogP contribution in [0.4, 0.5) is 0 Å². The van der Waals surface area contributed by atoms with Crippen LogP contribution in [0, 0.1) is 0 Å². The van der Waals surface area contributed by atoms with Crippen LogP contribution >= 0.6 is 0 Å². The number of unbranched alkanes of at least 4 members (excludes halogenated alkanes) is 30. The maximum absolute atomic E-state index is 14.1. The van der Waals surface area contributed by atoms with Crippen LogP contribution in [0.15, 0.2) is 0 Å². The van der Waals surface area contributed by atoms with Crippen LogP contribution in [0.3, 0.4) is 0 Å². The van der Waals surface area contributed by atoms with Crippen molar-refractivity contribution in [3.8, 4) is 0 Å². The van der Waals surface area contributed by atoms with Gasteiger partial charge in [0.25, 0.3) is 11.8 Å². The van der Waals surface area contributed by atoms with Crippen LogP contribution < -0.4 is 16.0 Å². The molecule has 0 spiro atoms. The van der Waals surface area contributed by atoms with Gasteiger partial charge in [-0.3, -0.25) is 24.0 Å². The van der Waals surface area contributed by atoms with E-state index in [1.54, 1.807) is 0 Å². The number of nitrogens with one attached hydrogen (secondary N) is 3. The van der Waals surface area contributed by atoms with Crippen molar-refractivity contribution >= 4 is 35.6 Å². The van der Waals surface area contributed by atoms with Gasteiger partial charge in [0.1, 0.15) is 91.5 Å². The van der Waals surface area contributed by atoms with E-state index in [0.717, 1.165) is 51.4 Å². The van der Waals surface area contributed by atoms with Gasteiger partial charge in [-0.15, -0.1) is 0 Å². The van der Waals surface area contributed by atoms with E-state index in [4.69, 9.17) is 28.4 Å². The van der Waals surface area contributed by atoms with E-state index in [1.165, 1.54) is 146 Å². The molecule has 2 rings (SSSR count). The summed E-state index contributed by atoms with van der Waals surface area (Å²) in [6.45, 7) is -0.428. The molecule has 4 amide bonds. The molecule has 107 heavy (non-hydrogen) atoms. The average molecular weight is 1550 g/mol. The van der Waals surface area contributed by atoms with Gasteiger partial charge in [-0.05, 0) is 32.1 Å². The minimum absolute atomic E-state index is 0.0709. The second kappa shape index (κ2) is 60.6. The number of nitrogens with zero attached hydrogens (tertiary/aromatic N) is 1. The number of rotatable bonds is 66. The van der Waals surface area contributed by atoms with E-state index in [0.29, 0.717) is 12.8 Å². The van der Waals surface area contributed by atoms with Gasteiger partial charge >= 0.3 is 11.9 Å². The predicted octanol–water partition coefficient (Wildman–Crippen LogP) is 1.00. The van der Waals surface area contributed by atoms with E-state index in [1.807, 2.05) is 0 Å². The Morgan fingerprint density at radius 1 is 0.411 bits per heavy atom. The number of aliphatic hydroxyl groups is 16. The molecule has 628 valence electrons. The SMILES string of the molecule is CCCCCCCCCCCCCCCCCCOC(=O)CC[C@H](NC(=O)CCC(=O)N(CCCNC(=O)[C@H](O)[C@@H](O)[C@H](OC1O[C@H](CO)[C@@H](O)[C@H](O)[C@H]1O)[C@H](O)CO)CCCNC(=O)[C@H](O)[C@@H](O)[C@H](OC1O[C@H](CO)[C@@H](O)[C@H](O)[C@H]1O)[C@H](O)CO)C(=O)OCCCCCCCCCCCCCCCCCC. The molecular weight excluding hydrogens is 1400 g/mol. The lowest BCUT2D eigenvalue weighted by Gasteiger charge is -2.42. The van der Waals surface area contributed by atoms with Crippen molar-refractivity contribution in [2.24, 2.45) is 0 Å². The third kappa shape index (κ3) is 40.9. The lowest BCUT2D eigenvalue weighted by atomic mass is 9.98. The summed E-state index contributed by atoms with van der Waals surface area (Å²) in [5.41, 5.74) is 0. The molecule has 2 aliphatic heterocycles. The van der Waals surface area contributed by atoms with Crippen molar-refractivity contribution in [2.45, 2.75) is 374 Å². The molecule has 19 N–H and O–H groups in total. The van der Waals surface area contributed by atoms with Crippen LogP contribution in [0.25, 0.3) is 0 Å². The zero-order valence-electron chi connectivity index (χ0n) is 63.9. The third-order valence-corrected chi connectivity index (χ3v) is 19.8. The van der Waals surface area contributed by atoms with Crippen LogP contribution in [-0.2, 0) is 57.2 Å². The van der Waals surface area contributed by atoms with E-state index in [9.17, 15) is 110 Å². The quantitative estimate of drug-likeness (QED) is 0.0298. The molecular formula is C75H140N4O28. The molecule has 2 heterocycles. The summed E-state index contributed by atoms with van der Waals surface area (Å²) in [7, 11) is 0. The van der Waals surface area contributed by atoms with E-state index >= 15 is 0 Å². The first-order valence-corrected chi connectivity index (χ1v) is 40.1. The van der Waals surface area contributed by atoms with Crippen LogP contribution in [0.5, 0.6) is 0 Å². The Labute approximate surface area is 633 Å². The number of aliphatic hydroxyl groups excluding tert-OH is 16. The van der Waals surface area contributed by atoms with E-state index in [-0.39, 0.29) is 65.1 Å². The van der Waals surface area contributed by atoms with Gasteiger partial charge in [0.2, 0.25) is 11.8 Å². The minimum atomic E-state index is -2.43. The summed E-state index contributed by atoms with van der Waals surface area (Å²) in [4.78, 5) is 82.3. The van der Waals surface area contributed by atoms with Gasteiger partial charge in [0.15, 0.2) is 24.8 Å². The molecule has 2 unspecified atom stereocenters. The Kier molecular flexibility index (Phi) is 56.2. The number of carbonyl (C=O) groups excluding carboxylic acids is 6. The summed E-state index contributed by atoms with van der Waals surface area (Å²) in [5, 5.41) is 173. The molecule has 0 saturated carbocycles. The van der Waals surface area contributed by atoms with Crippen molar-refractivity contribution in [1.29, 1.82) is 0 Å². The monoisotopic (exact) mass is 1540 g/mol. The Bertz CT molecular complexity index is 2220. The first-order valence-electron chi connectivity index (χ1n) is 40.1. The molecule has 0 aliphatic carbocycles. The lowest BCUT2D eigenvalue weighted by molar-refractivity contribution is -0.326. The highest BCUT2D eigenvalue weighted by Crippen LogP contribution is 2.28. The number of ether oxygens (including phenoxy) is 6. The fourth-order valence-electron chi connectivity index (χ4n) is 12.9. The highest BCUT2D eigenvalue weighted by molar-refractivity contribution is 5.88. The Hall–Kier alpha value is -3.98. The molecule has 0 aromatic rings. The molecule has 0 bridgehead atoms. The number of esters is 2. The third-order valence-electron chi connectivity index (χ3n) is 19.8. The molecule has 32 nitrogen and oxygen atoms in total. The summed E-state index contributed by atoms with van der Waals surface area (Å²) in [6, 6.07) is -1.30. The van der Waals surface area contributed by atoms with E-state index < -0.39 is 191 Å². The molecule has 32 heteroatoms. The Morgan fingerprint density at radius 3 is 1.08 bits per heavy atom. The molecule has 0 radical (unpaired) electrons. The maximum atomic E-state index is 14.1. The molecule has 19 atom stereocenters. The number of carbonyl (C=O) groups is 6. The number of hydrogen-bond donors (Lipinski definition) is 19. The minimum Gasteiger partial charge on any atom is -0.466 e. The van der Waals surface area contributed by atoms with Crippen LogP contribution in [-0.4, -0.2) is 304 Å². The van der Waals surface area contributed by atoms with E-state index in [2.05, 4.69) is 29.8 Å².